The van der Waals surface area contributed by atoms with Crippen LogP contribution in [0.1, 0.15) is 52.7 Å². The van der Waals surface area contributed by atoms with Crippen LogP contribution in [0.5, 0.6) is 0 Å². The van der Waals surface area contributed by atoms with Gasteiger partial charge in [0.15, 0.2) is 0 Å². The third kappa shape index (κ3) is 10.1. The molecule has 0 aliphatic carbocycles. The minimum absolute atomic E-state index is 0.0478. The molecule has 0 aliphatic rings. The van der Waals surface area contributed by atoms with Gasteiger partial charge in [0.2, 0.25) is 0 Å². The number of nitrogens with zero attached hydrogens (tertiary/aromatic N) is 4. The lowest BCUT2D eigenvalue weighted by atomic mass is 9.87. The maximum absolute atomic E-state index is 2.40. The molecule has 0 aromatic heterocycles. The predicted octanol–water partition coefficient (Wildman–Crippen LogP) is 21.6. The van der Waals surface area contributed by atoms with Gasteiger partial charge in [0.1, 0.15) is 0 Å². The second-order valence-electron chi connectivity index (χ2n) is 22.8. The fraction of sp³-hybridized carbons (Fsp3) is 0.120. The number of rotatable bonds is 12. The Morgan fingerprint density at radius 3 is 0.747 bits per heavy atom. The summed E-state index contributed by atoms with van der Waals surface area (Å²) in [5.74, 6) is 0. The molecule has 4 heteroatoms. The van der Waals surface area contributed by atoms with Crippen LogP contribution in [0, 0.1) is 0 Å². The Morgan fingerprint density at radius 1 is 0.228 bits per heavy atom. The molecule has 12 aromatic rings. The third-order valence-electron chi connectivity index (χ3n) is 15.6. The SMILES string of the molecule is CN(c1ccc(N(c2ccc(-c3ccc(N(c4ccc(N(c5ccc(C(C)(C)C)cc5)c5cccc6ccccc56)cc4)c4cccc5ccccc45)cc3)cc2)c2cccc3ccccc23)cc1)c1ccc(C(C)(C)C)cc1. The van der Waals surface area contributed by atoms with Crippen molar-refractivity contribution in [2.75, 3.05) is 26.6 Å². The Kier molecular flexibility index (Phi) is 13.3. The second kappa shape index (κ2) is 20.9. The third-order valence-corrected chi connectivity index (χ3v) is 15.6. The van der Waals surface area contributed by atoms with Crippen LogP contribution in [0.15, 0.2) is 273 Å². The number of hydrogen-bond acceptors (Lipinski definition) is 4. The summed E-state index contributed by atoms with van der Waals surface area (Å²) >= 11 is 0. The molecule has 0 atom stereocenters. The molecular formula is C75H66N4. The minimum atomic E-state index is 0.0478. The van der Waals surface area contributed by atoms with Crippen molar-refractivity contribution in [2.45, 2.75) is 52.4 Å². The number of benzene rings is 12. The van der Waals surface area contributed by atoms with Crippen LogP contribution in [-0.2, 0) is 10.8 Å². The summed E-state index contributed by atoms with van der Waals surface area (Å²) in [5.41, 5.74) is 17.3. The van der Waals surface area contributed by atoms with E-state index in [2.05, 4.69) is 341 Å². The van der Waals surface area contributed by atoms with Gasteiger partial charge in [-0.05, 0) is 165 Å². The highest BCUT2D eigenvalue weighted by atomic mass is 15.2. The van der Waals surface area contributed by atoms with Gasteiger partial charge >= 0.3 is 0 Å². The first-order chi connectivity index (χ1) is 38.4. The van der Waals surface area contributed by atoms with Gasteiger partial charge in [0, 0.05) is 68.7 Å². The molecule has 0 radical (unpaired) electrons. The van der Waals surface area contributed by atoms with E-state index in [4.69, 9.17) is 0 Å². The molecule has 0 aliphatic heterocycles. The maximum Gasteiger partial charge on any atom is 0.0540 e. The molecule has 0 unspecified atom stereocenters. The van der Waals surface area contributed by atoms with Gasteiger partial charge in [-0.2, -0.15) is 0 Å². The summed E-state index contributed by atoms with van der Waals surface area (Å²) in [6.07, 6.45) is 0. The van der Waals surface area contributed by atoms with Crippen molar-refractivity contribution in [3.63, 3.8) is 0 Å². The highest BCUT2D eigenvalue weighted by Crippen LogP contribution is 2.45. The zero-order valence-electron chi connectivity index (χ0n) is 46.3. The smallest absolute Gasteiger partial charge is 0.0540 e. The molecule has 12 rings (SSSR count). The van der Waals surface area contributed by atoms with Gasteiger partial charge in [-0.1, -0.05) is 199 Å². The van der Waals surface area contributed by atoms with E-state index in [9.17, 15) is 0 Å². The van der Waals surface area contributed by atoms with Crippen molar-refractivity contribution in [1.82, 2.24) is 0 Å². The van der Waals surface area contributed by atoms with E-state index in [1.165, 1.54) is 43.4 Å². The van der Waals surface area contributed by atoms with Crippen LogP contribution in [0.4, 0.5) is 62.6 Å². The lowest BCUT2D eigenvalue weighted by Crippen LogP contribution is -2.14. The molecule has 12 aromatic carbocycles. The predicted molar refractivity (Wildman–Crippen MR) is 340 cm³/mol. The normalized spacial score (nSPS) is 11.7. The standard InChI is InChI=1S/C75H66N4/c1-74(2,3)58-33-41-60(42-34-58)76(7)61-45-47-65(48-46-61)77(71-26-14-20-55-17-8-11-23-68(55)71)62-37-29-53(30-38-62)54-31-39-63(40-32-54)78(72-27-15-21-56-18-9-12-24-69(56)72)66-49-51-67(52-50-66)79(64-43-35-59(36-44-64)75(4,5)6)73-28-16-22-57-19-10-13-25-70(57)73/h8-52H,1-7H3. The van der Waals surface area contributed by atoms with Gasteiger partial charge in [-0.15, -0.1) is 0 Å². The van der Waals surface area contributed by atoms with E-state index in [0.29, 0.717) is 0 Å². The van der Waals surface area contributed by atoms with Crippen molar-refractivity contribution >= 4 is 94.9 Å². The second-order valence-corrected chi connectivity index (χ2v) is 22.8. The van der Waals surface area contributed by atoms with E-state index < -0.39 is 0 Å². The van der Waals surface area contributed by atoms with Crippen LogP contribution in [0.3, 0.4) is 0 Å². The topological polar surface area (TPSA) is 13.0 Å². The molecule has 0 amide bonds. The fourth-order valence-electron chi connectivity index (χ4n) is 11.1. The first-order valence-electron chi connectivity index (χ1n) is 27.5. The van der Waals surface area contributed by atoms with Crippen LogP contribution in [0.2, 0.25) is 0 Å². The summed E-state index contributed by atoms with van der Waals surface area (Å²) in [6, 6.07) is 99.9. The number of hydrogen-bond donors (Lipinski definition) is 0. The van der Waals surface area contributed by atoms with Crippen LogP contribution in [-0.4, -0.2) is 7.05 Å². The summed E-state index contributed by atoms with van der Waals surface area (Å²) in [6.45, 7) is 13.6. The van der Waals surface area contributed by atoms with Gasteiger partial charge in [0.25, 0.3) is 0 Å². The van der Waals surface area contributed by atoms with Gasteiger partial charge in [-0.25, -0.2) is 0 Å². The van der Waals surface area contributed by atoms with Crippen molar-refractivity contribution in [2.24, 2.45) is 0 Å². The highest BCUT2D eigenvalue weighted by molar-refractivity contribution is 6.02. The molecule has 0 saturated carbocycles. The average Bonchev–Trinajstić information content (AvgIpc) is 3.54. The van der Waals surface area contributed by atoms with E-state index in [0.717, 1.165) is 73.7 Å². The quantitative estimate of drug-likeness (QED) is 0.121. The Hall–Kier alpha value is -9.38. The maximum atomic E-state index is 2.40. The largest absolute Gasteiger partial charge is 0.345 e. The van der Waals surface area contributed by atoms with E-state index >= 15 is 0 Å². The van der Waals surface area contributed by atoms with E-state index in [1.807, 2.05) is 0 Å². The van der Waals surface area contributed by atoms with Crippen molar-refractivity contribution in [3.05, 3.63) is 284 Å². The Bertz CT molecular complexity index is 4060. The highest BCUT2D eigenvalue weighted by Gasteiger charge is 2.22. The van der Waals surface area contributed by atoms with Gasteiger partial charge < -0.3 is 19.6 Å². The molecular weight excluding hydrogens is 957 g/mol. The zero-order chi connectivity index (χ0) is 54.3. The number of fused-ring (bicyclic) bond motifs is 3. The molecule has 0 heterocycles. The summed E-state index contributed by atoms with van der Waals surface area (Å²) in [4.78, 5) is 9.43. The molecule has 0 fully saturated rings. The first-order valence-corrected chi connectivity index (χ1v) is 27.5. The Labute approximate surface area is 466 Å². The van der Waals surface area contributed by atoms with Crippen molar-refractivity contribution in [1.29, 1.82) is 0 Å². The van der Waals surface area contributed by atoms with Crippen LogP contribution < -0.4 is 19.6 Å². The average molecular weight is 1020 g/mol. The lowest BCUT2D eigenvalue weighted by molar-refractivity contribution is 0.590. The van der Waals surface area contributed by atoms with Gasteiger partial charge in [-0.3, -0.25) is 0 Å². The van der Waals surface area contributed by atoms with Crippen molar-refractivity contribution < 1.29 is 0 Å². The monoisotopic (exact) mass is 1020 g/mol. The molecule has 0 N–H and O–H groups in total. The Balaban J connectivity index is 0.883. The molecule has 79 heavy (non-hydrogen) atoms. The first kappa shape index (κ1) is 50.4. The number of anilines is 11. The van der Waals surface area contributed by atoms with E-state index in [-0.39, 0.29) is 10.8 Å². The fourth-order valence-corrected chi connectivity index (χ4v) is 11.1. The lowest BCUT2D eigenvalue weighted by Gasteiger charge is -2.30. The molecule has 0 bridgehead atoms. The zero-order valence-corrected chi connectivity index (χ0v) is 46.3. The summed E-state index contributed by atoms with van der Waals surface area (Å²) < 4.78 is 0. The van der Waals surface area contributed by atoms with E-state index in [1.54, 1.807) is 0 Å². The van der Waals surface area contributed by atoms with Gasteiger partial charge in [0.05, 0.1) is 17.1 Å². The summed E-state index contributed by atoms with van der Waals surface area (Å²) in [7, 11) is 2.14. The summed E-state index contributed by atoms with van der Waals surface area (Å²) in [5, 5.41) is 7.20. The molecule has 4 nitrogen and oxygen atoms in total. The minimum Gasteiger partial charge on any atom is -0.345 e. The molecule has 0 spiro atoms. The molecule has 386 valence electrons. The van der Waals surface area contributed by atoms with Crippen LogP contribution >= 0.6 is 0 Å². The van der Waals surface area contributed by atoms with Crippen LogP contribution in [0.25, 0.3) is 43.4 Å². The molecule has 0 saturated heterocycles. The Morgan fingerprint density at radius 2 is 0.456 bits per heavy atom. The van der Waals surface area contributed by atoms with Crippen molar-refractivity contribution in [3.8, 4) is 11.1 Å².